The zero-order valence-electron chi connectivity index (χ0n) is 11.2. The van der Waals surface area contributed by atoms with Crippen LogP contribution in [0.25, 0.3) is 0 Å². The van der Waals surface area contributed by atoms with Crippen LogP contribution in [0, 0.1) is 11.2 Å². The van der Waals surface area contributed by atoms with Crippen molar-refractivity contribution in [3.05, 3.63) is 35.6 Å². The number of carboxylic acid groups (broad SMARTS) is 1. The number of hydrogen-bond donors (Lipinski definition) is 1. The predicted molar refractivity (Wildman–Crippen MR) is 71.7 cm³/mol. The first-order chi connectivity index (χ1) is 9.04. The first-order valence-electron chi connectivity index (χ1n) is 6.77. The summed E-state index contributed by atoms with van der Waals surface area (Å²) in [5.41, 5.74) is 1.29. The average Bonchev–Trinajstić information content (AvgIpc) is 2.42. The van der Waals surface area contributed by atoms with E-state index in [2.05, 4.69) is 6.92 Å². The van der Waals surface area contributed by atoms with Gasteiger partial charge in [-0.25, -0.2) is 9.18 Å². The molecule has 0 radical (unpaired) electrons. The van der Waals surface area contributed by atoms with Crippen LogP contribution in [0.3, 0.4) is 0 Å². The van der Waals surface area contributed by atoms with Crippen LogP contribution < -0.4 is 0 Å². The Bertz CT molecular complexity index is 436. The van der Waals surface area contributed by atoms with Gasteiger partial charge in [-0.05, 0) is 42.4 Å². The smallest absolute Gasteiger partial charge is 0.407 e. The van der Waals surface area contributed by atoms with E-state index in [1.165, 1.54) is 17.0 Å². The van der Waals surface area contributed by atoms with Crippen molar-refractivity contribution >= 4 is 6.09 Å². The SMILES string of the molecule is CCC1(Cc2ccc(F)cc2)CCN(C(=O)O)CC1. The van der Waals surface area contributed by atoms with Gasteiger partial charge in [-0.1, -0.05) is 25.5 Å². The van der Waals surface area contributed by atoms with Crippen molar-refractivity contribution in [2.24, 2.45) is 5.41 Å². The molecular weight excluding hydrogens is 245 g/mol. The Hall–Kier alpha value is -1.58. The molecule has 1 amide bonds. The Kier molecular flexibility index (Phi) is 4.08. The lowest BCUT2D eigenvalue weighted by Gasteiger charge is -2.40. The van der Waals surface area contributed by atoms with Gasteiger partial charge in [0.2, 0.25) is 0 Å². The van der Waals surface area contributed by atoms with Crippen LogP contribution in [-0.2, 0) is 6.42 Å². The second-order valence-corrected chi connectivity index (χ2v) is 5.43. The van der Waals surface area contributed by atoms with Crippen molar-refractivity contribution in [3.63, 3.8) is 0 Å². The van der Waals surface area contributed by atoms with Gasteiger partial charge in [-0.3, -0.25) is 0 Å². The van der Waals surface area contributed by atoms with Crippen LogP contribution in [0.2, 0.25) is 0 Å². The summed E-state index contributed by atoms with van der Waals surface area (Å²) in [5.74, 6) is -0.213. The van der Waals surface area contributed by atoms with Crippen molar-refractivity contribution in [3.8, 4) is 0 Å². The third-order valence-corrected chi connectivity index (χ3v) is 4.34. The largest absolute Gasteiger partial charge is 0.465 e. The molecule has 4 heteroatoms. The molecule has 19 heavy (non-hydrogen) atoms. The Morgan fingerprint density at radius 2 is 1.89 bits per heavy atom. The second-order valence-electron chi connectivity index (χ2n) is 5.43. The van der Waals surface area contributed by atoms with Gasteiger partial charge in [0.15, 0.2) is 0 Å². The zero-order valence-corrected chi connectivity index (χ0v) is 11.2. The van der Waals surface area contributed by atoms with Crippen molar-refractivity contribution in [2.75, 3.05) is 13.1 Å². The summed E-state index contributed by atoms with van der Waals surface area (Å²) in [4.78, 5) is 12.4. The summed E-state index contributed by atoms with van der Waals surface area (Å²) < 4.78 is 12.9. The summed E-state index contributed by atoms with van der Waals surface area (Å²) in [5, 5.41) is 8.99. The Labute approximate surface area is 113 Å². The first-order valence-corrected chi connectivity index (χ1v) is 6.77. The molecular formula is C15H20FNO2. The highest BCUT2D eigenvalue weighted by Crippen LogP contribution is 2.38. The standard InChI is InChI=1S/C15H20FNO2/c1-2-15(7-9-17(10-8-15)14(18)19)11-12-3-5-13(16)6-4-12/h3-6H,2,7-11H2,1H3,(H,18,19). The molecule has 1 aromatic rings. The highest BCUT2D eigenvalue weighted by Gasteiger charge is 2.34. The maximum atomic E-state index is 12.9. The molecule has 0 aliphatic carbocycles. The van der Waals surface area contributed by atoms with E-state index in [0.717, 1.165) is 31.2 Å². The molecule has 1 aliphatic heterocycles. The minimum Gasteiger partial charge on any atom is -0.465 e. The van der Waals surface area contributed by atoms with E-state index >= 15 is 0 Å². The van der Waals surface area contributed by atoms with E-state index in [9.17, 15) is 9.18 Å². The summed E-state index contributed by atoms with van der Waals surface area (Å²) in [6.45, 7) is 3.36. The van der Waals surface area contributed by atoms with Crippen molar-refractivity contribution in [1.29, 1.82) is 0 Å². The van der Waals surface area contributed by atoms with E-state index in [1.807, 2.05) is 12.1 Å². The maximum absolute atomic E-state index is 12.9. The fourth-order valence-electron chi connectivity index (χ4n) is 2.86. The van der Waals surface area contributed by atoms with Gasteiger partial charge in [0.25, 0.3) is 0 Å². The first kappa shape index (κ1) is 13.8. The fraction of sp³-hybridized carbons (Fsp3) is 0.533. The summed E-state index contributed by atoms with van der Waals surface area (Å²) in [6.07, 6.45) is 2.86. The molecule has 0 bridgehead atoms. The van der Waals surface area contributed by atoms with Crippen LogP contribution in [0.5, 0.6) is 0 Å². The number of likely N-dealkylation sites (tertiary alicyclic amines) is 1. The van der Waals surface area contributed by atoms with Crippen molar-refractivity contribution in [2.45, 2.75) is 32.6 Å². The molecule has 3 nitrogen and oxygen atoms in total. The third kappa shape index (κ3) is 3.25. The molecule has 1 fully saturated rings. The molecule has 1 aromatic carbocycles. The molecule has 0 saturated carbocycles. The predicted octanol–water partition coefficient (Wildman–Crippen LogP) is 3.54. The zero-order chi connectivity index (χ0) is 13.9. The number of piperidine rings is 1. The number of amides is 1. The molecule has 0 aromatic heterocycles. The van der Waals surface area contributed by atoms with Gasteiger partial charge in [-0.2, -0.15) is 0 Å². The Morgan fingerprint density at radius 3 is 2.37 bits per heavy atom. The molecule has 104 valence electrons. The highest BCUT2D eigenvalue weighted by atomic mass is 19.1. The minimum absolute atomic E-state index is 0.157. The monoisotopic (exact) mass is 265 g/mol. The van der Waals surface area contributed by atoms with Crippen LogP contribution in [0.4, 0.5) is 9.18 Å². The summed E-state index contributed by atoms with van der Waals surface area (Å²) in [7, 11) is 0. The number of benzene rings is 1. The number of hydrogen-bond acceptors (Lipinski definition) is 1. The lowest BCUT2D eigenvalue weighted by molar-refractivity contribution is 0.0864. The molecule has 0 spiro atoms. The van der Waals surface area contributed by atoms with Crippen molar-refractivity contribution < 1.29 is 14.3 Å². The number of halogens is 1. The van der Waals surface area contributed by atoms with E-state index in [-0.39, 0.29) is 11.2 Å². The molecule has 1 saturated heterocycles. The summed E-state index contributed by atoms with van der Waals surface area (Å²) >= 11 is 0. The molecule has 1 N–H and O–H groups in total. The Morgan fingerprint density at radius 1 is 1.32 bits per heavy atom. The highest BCUT2D eigenvalue weighted by molar-refractivity contribution is 5.65. The Balaban J connectivity index is 2.04. The van der Waals surface area contributed by atoms with Gasteiger partial charge in [0.05, 0.1) is 0 Å². The van der Waals surface area contributed by atoms with Gasteiger partial charge < -0.3 is 10.0 Å². The number of nitrogens with zero attached hydrogens (tertiary/aromatic N) is 1. The van der Waals surface area contributed by atoms with Crippen LogP contribution in [0.1, 0.15) is 31.7 Å². The molecule has 1 aliphatic rings. The molecule has 2 rings (SSSR count). The van der Waals surface area contributed by atoms with E-state index < -0.39 is 6.09 Å². The fourth-order valence-corrected chi connectivity index (χ4v) is 2.86. The van der Waals surface area contributed by atoms with Crippen LogP contribution in [0.15, 0.2) is 24.3 Å². The second kappa shape index (κ2) is 5.59. The number of carbonyl (C=O) groups is 1. The van der Waals surface area contributed by atoms with Gasteiger partial charge >= 0.3 is 6.09 Å². The molecule has 1 heterocycles. The van der Waals surface area contributed by atoms with Gasteiger partial charge in [-0.15, -0.1) is 0 Å². The van der Waals surface area contributed by atoms with E-state index in [0.29, 0.717) is 13.1 Å². The maximum Gasteiger partial charge on any atom is 0.407 e. The van der Waals surface area contributed by atoms with Crippen LogP contribution >= 0.6 is 0 Å². The van der Waals surface area contributed by atoms with Crippen LogP contribution in [-0.4, -0.2) is 29.2 Å². The lowest BCUT2D eigenvalue weighted by atomic mass is 9.72. The summed E-state index contributed by atoms with van der Waals surface area (Å²) in [6, 6.07) is 6.64. The lowest BCUT2D eigenvalue weighted by Crippen LogP contribution is -2.43. The topological polar surface area (TPSA) is 40.5 Å². The normalized spacial score (nSPS) is 18.3. The third-order valence-electron chi connectivity index (χ3n) is 4.34. The van der Waals surface area contributed by atoms with Gasteiger partial charge in [0.1, 0.15) is 5.82 Å². The quantitative estimate of drug-likeness (QED) is 0.908. The molecule has 0 atom stereocenters. The van der Waals surface area contributed by atoms with Gasteiger partial charge in [0, 0.05) is 13.1 Å². The van der Waals surface area contributed by atoms with E-state index in [4.69, 9.17) is 5.11 Å². The minimum atomic E-state index is -0.827. The number of rotatable bonds is 3. The average molecular weight is 265 g/mol. The van der Waals surface area contributed by atoms with Crippen molar-refractivity contribution in [1.82, 2.24) is 4.90 Å². The molecule has 0 unspecified atom stereocenters. The van der Waals surface area contributed by atoms with E-state index in [1.54, 1.807) is 0 Å².